The van der Waals surface area contributed by atoms with E-state index < -0.39 is 0 Å². The van der Waals surface area contributed by atoms with Crippen LogP contribution in [-0.2, 0) is 30.1 Å². The van der Waals surface area contributed by atoms with Gasteiger partial charge in [0, 0.05) is 24.0 Å². The molecule has 4 rings (SSSR count). The Morgan fingerprint density at radius 3 is 2.31 bits per heavy atom. The second kappa shape index (κ2) is 6.04. The summed E-state index contributed by atoms with van der Waals surface area (Å²) in [6, 6.07) is 11.2. The highest BCUT2D eigenvalue weighted by atomic mass is 16.5. The smallest absolute Gasteiger partial charge is 0.126 e. The van der Waals surface area contributed by atoms with E-state index in [1.54, 1.807) is 0 Å². The summed E-state index contributed by atoms with van der Waals surface area (Å²) in [5.74, 6) is 2.25. The third-order valence-electron chi connectivity index (χ3n) is 5.82. The topological polar surface area (TPSA) is 18.5 Å². The third kappa shape index (κ3) is 2.90. The maximum absolute atomic E-state index is 6.11. The minimum Gasteiger partial charge on any atom is -0.493 e. The van der Waals surface area contributed by atoms with Crippen molar-refractivity contribution < 1.29 is 9.47 Å². The van der Waals surface area contributed by atoms with Crippen molar-refractivity contribution in [2.75, 3.05) is 13.2 Å². The maximum Gasteiger partial charge on any atom is 0.126 e. The summed E-state index contributed by atoms with van der Waals surface area (Å²) in [6.45, 7) is 13.1. The molecule has 2 aliphatic heterocycles. The molecule has 2 heterocycles. The molecule has 138 valence electrons. The SMILES string of the molecule is CC(C)(C)c1ccc(CC(C)(C)c2cccc3c2OCC3)c2c1CCO2. The van der Waals surface area contributed by atoms with E-state index in [1.807, 2.05) is 0 Å². The number of ether oxygens (including phenoxy) is 2. The molecule has 0 amide bonds. The van der Waals surface area contributed by atoms with Crippen molar-refractivity contribution in [2.45, 2.75) is 64.7 Å². The number of rotatable bonds is 3. The van der Waals surface area contributed by atoms with Crippen LogP contribution in [0.15, 0.2) is 30.3 Å². The molecular weight excluding hydrogens is 320 g/mol. The van der Waals surface area contributed by atoms with E-state index in [0.717, 1.165) is 44.0 Å². The van der Waals surface area contributed by atoms with Gasteiger partial charge in [0.05, 0.1) is 13.2 Å². The van der Waals surface area contributed by atoms with Crippen molar-refractivity contribution in [1.82, 2.24) is 0 Å². The third-order valence-corrected chi connectivity index (χ3v) is 5.82. The molecule has 0 aromatic heterocycles. The summed E-state index contributed by atoms with van der Waals surface area (Å²) < 4.78 is 12.1. The Labute approximate surface area is 157 Å². The largest absolute Gasteiger partial charge is 0.493 e. The molecule has 2 nitrogen and oxygen atoms in total. The number of fused-ring (bicyclic) bond motifs is 2. The fourth-order valence-corrected chi connectivity index (χ4v) is 4.52. The van der Waals surface area contributed by atoms with Crippen LogP contribution in [0, 0.1) is 0 Å². The number of para-hydroxylation sites is 1. The van der Waals surface area contributed by atoms with Gasteiger partial charge < -0.3 is 9.47 Å². The molecule has 0 fully saturated rings. The van der Waals surface area contributed by atoms with Crippen LogP contribution < -0.4 is 9.47 Å². The Morgan fingerprint density at radius 2 is 1.54 bits per heavy atom. The lowest BCUT2D eigenvalue weighted by Crippen LogP contribution is -2.22. The summed E-state index contributed by atoms with van der Waals surface area (Å²) in [4.78, 5) is 0. The van der Waals surface area contributed by atoms with Crippen LogP contribution in [0.5, 0.6) is 11.5 Å². The van der Waals surface area contributed by atoms with Gasteiger partial charge in [-0.2, -0.15) is 0 Å². The van der Waals surface area contributed by atoms with Crippen LogP contribution in [0.3, 0.4) is 0 Å². The molecular formula is C24H30O2. The zero-order valence-electron chi connectivity index (χ0n) is 16.7. The second-order valence-corrected chi connectivity index (χ2v) is 9.38. The Bertz CT molecular complexity index is 840. The highest BCUT2D eigenvalue weighted by Gasteiger charge is 2.32. The van der Waals surface area contributed by atoms with Gasteiger partial charge in [-0.1, -0.05) is 65.0 Å². The van der Waals surface area contributed by atoms with Gasteiger partial charge in [0.15, 0.2) is 0 Å². The molecule has 0 aliphatic carbocycles. The van der Waals surface area contributed by atoms with Gasteiger partial charge in [0.25, 0.3) is 0 Å². The second-order valence-electron chi connectivity index (χ2n) is 9.38. The number of hydrogen-bond donors (Lipinski definition) is 0. The molecule has 26 heavy (non-hydrogen) atoms. The molecule has 0 saturated carbocycles. The average molecular weight is 351 g/mol. The zero-order valence-corrected chi connectivity index (χ0v) is 16.7. The van der Waals surface area contributed by atoms with Crippen molar-refractivity contribution in [3.05, 3.63) is 58.1 Å². The fourth-order valence-electron chi connectivity index (χ4n) is 4.52. The summed E-state index contributed by atoms with van der Waals surface area (Å²) in [5.41, 5.74) is 6.99. The minimum absolute atomic E-state index is 0.00134. The highest BCUT2D eigenvalue weighted by Crippen LogP contribution is 2.43. The normalized spacial score (nSPS) is 16.0. The van der Waals surface area contributed by atoms with Crippen LogP contribution >= 0.6 is 0 Å². The minimum atomic E-state index is -0.00134. The molecule has 0 N–H and O–H groups in total. The molecule has 2 heteroatoms. The summed E-state index contributed by atoms with van der Waals surface area (Å²) in [5, 5.41) is 0. The van der Waals surface area contributed by atoms with Crippen molar-refractivity contribution in [2.24, 2.45) is 0 Å². The molecule has 2 aromatic carbocycles. The molecule has 0 unspecified atom stereocenters. The Balaban J connectivity index is 1.72. The molecule has 0 radical (unpaired) electrons. The van der Waals surface area contributed by atoms with Gasteiger partial charge in [-0.05, 0) is 33.9 Å². The lowest BCUT2D eigenvalue weighted by atomic mass is 9.76. The van der Waals surface area contributed by atoms with E-state index in [0.29, 0.717) is 0 Å². The van der Waals surface area contributed by atoms with Crippen molar-refractivity contribution in [3.63, 3.8) is 0 Å². The standard InChI is InChI=1S/C24H30O2/c1-23(2,3)19-10-9-17(21-18(19)12-14-25-21)15-24(4,5)20-8-6-7-16-11-13-26-22(16)20/h6-10H,11-15H2,1-5H3. The van der Waals surface area contributed by atoms with Crippen molar-refractivity contribution in [3.8, 4) is 11.5 Å². The first-order chi connectivity index (χ1) is 12.3. The van der Waals surface area contributed by atoms with Crippen LogP contribution in [0.4, 0.5) is 0 Å². The van der Waals surface area contributed by atoms with E-state index in [2.05, 4.69) is 65.0 Å². The Hall–Kier alpha value is -1.96. The van der Waals surface area contributed by atoms with E-state index in [1.165, 1.54) is 27.8 Å². The predicted molar refractivity (Wildman–Crippen MR) is 107 cm³/mol. The monoisotopic (exact) mass is 350 g/mol. The molecule has 0 bridgehead atoms. The van der Waals surface area contributed by atoms with Crippen LogP contribution in [0.1, 0.15) is 62.4 Å². The number of hydrogen-bond acceptors (Lipinski definition) is 2. The number of benzene rings is 2. The maximum atomic E-state index is 6.11. The molecule has 2 aliphatic rings. The predicted octanol–water partition coefficient (Wildman–Crippen LogP) is 5.37. The molecule has 0 spiro atoms. The van der Waals surface area contributed by atoms with Gasteiger partial charge in [0.2, 0.25) is 0 Å². The lowest BCUT2D eigenvalue weighted by Gasteiger charge is -2.29. The summed E-state index contributed by atoms with van der Waals surface area (Å²) in [6.07, 6.45) is 3.01. The van der Waals surface area contributed by atoms with E-state index in [-0.39, 0.29) is 10.8 Å². The van der Waals surface area contributed by atoms with Gasteiger partial charge in [-0.15, -0.1) is 0 Å². The van der Waals surface area contributed by atoms with E-state index >= 15 is 0 Å². The van der Waals surface area contributed by atoms with Gasteiger partial charge >= 0.3 is 0 Å². The highest BCUT2D eigenvalue weighted by molar-refractivity contribution is 5.53. The molecule has 2 aromatic rings. The quantitative estimate of drug-likeness (QED) is 0.740. The lowest BCUT2D eigenvalue weighted by molar-refractivity contribution is 0.339. The van der Waals surface area contributed by atoms with Crippen molar-refractivity contribution in [1.29, 1.82) is 0 Å². The van der Waals surface area contributed by atoms with Gasteiger partial charge in [0.1, 0.15) is 11.5 Å². The fraction of sp³-hybridized carbons (Fsp3) is 0.500. The average Bonchev–Trinajstić information content (AvgIpc) is 3.22. The van der Waals surface area contributed by atoms with Crippen LogP contribution in [0.25, 0.3) is 0 Å². The zero-order chi connectivity index (χ0) is 18.5. The molecule has 0 saturated heterocycles. The van der Waals surface area contributed by atoms with Crippen molar-refractivity contribution >= 4 is 0 Å². The summed E-state index contributed by atoms with van der Waals surface area (Å²) in [7, 11) is 0. The van der Waals surface area contributed by atoms with Gasteiger partial charge in [-0.3, -0.25) is 0 Å². The van der Waals surface area contributed by atoms with E-state index in [9.17, 15) is 0 Å². The summed E-state index contributed by atoms with van der Waals surface area (Å²) >= 11 is 0. The first-order valence-corrected chi connectivity index (χ1v) is 9.80. The van der Waals surface area contributed by atoms with E-state index in [4.69, 9.17) is 9.47 Å². The van der Waals surface area contributed by atoms with Crippen LogP contribution in [-0.4, -0.2) is 13.2 Å². The Kier molecular flexibility index (Phi) is 4.06. The van der Waals surface area contributed by atoms with Crippen LogP contribution in [0.2, 0.25) is 0 Å². The Morgan fingerprint density at radius 1 is 0.808 bits per heavy atom. The first-order valence-electron chi connectivity index (χ1n) is 9.80. The molecule has 0 atom stereocenters. The first kappa shape index (κ1) is 17.5. The van der Waals surface area contributed by atoms with Gasteiger partial charge in [-0.25, -0.2) is 0 Å².